The SMILES string of the molecule is CCCn1nnnc1COC(=O)C1(c2ccc(Cl)cc2)CCCC1. The van der Waals surface area contributed by atoms with Crippen LogP contribution in [0.25, 0.3) is 0 Å². The number of carbonyl (C=O) groups excluding carboxylic acids is 1. The highest BCUT2D eigenvalue weighted by Crippen LogP contribution is 2.42. The summed E-state index contributed by atoms with van der Waals surface area (Å²) >= 11 is 5.98. The molecule has 0 saturated heterocycles. The highest BCUT2D eigenvalue weighted by molar-refractivity contribution is 6.30. The van der Waals surface area contributed by atoms with Crippen molar-refractivity contribution in [1.82, 2.24) is 20.2 Å². The lowest BCUT2D eigenvalue weighted by atomic mass is 9.79. The zero-order chi connectivity index (χ0) is 17.0. The van der Waals surface area contributed by atoms with Crippen molar-refractivity contribution in [2.45, 2.75) is 57.6 Å². The van der Waals surface area contributed by atoms with Gasteiger partial charge >= 0.3 is 5.97 Å². The van der Waals surface area contributed by atoms with Gasteiger partial charge in [-0.1, -0.05) is 43.5 Å². The molecule has 3 rings (SSSR count). The van der Waals surface area contributed by atoms with Crippen LogP contribution in [0.2, 0.25) is 5.02 Å². The van der Waals surface area contributed by atoms with E-state index in [1.165, 1.54) is 0 Å². The van der Waals surface area contributed by atoms with E-state index in [2.05, 4.69) is 15.5 Å². The van der Waals surface area contributed by atoms with E-state index in [1.54, 1.807) is 4.68 Å². The summed E-state index contributed by atoms with van der Waals surface area (Å²) in [7, 11) is 0. The monoisotopic (exact) mass is 348 g/mol. The fraction of sp³-hybridized carbons (Fsp3) is 0.529. The number of hydrogen-bond acceptors (Lipinski definition) is 5. The van der Waals surface area contributed by atoms with Crippen molar-refractivity contribution in [3.05, 3.63) is 40.7 Å². The first-order chi connectivity index (χ1) is 11.7. The van der Waals surface area contributed by atoms with Gasteiger partial charge in [0.05, 0.1) is 5.41 Å². The molecule has 1 saturated carbocycles. The van der Waals surface area contributed by atoms with Crippen LogP contribution < -0.4 is 0 Å². The lowest BCUT2D eigenvalue weighted by Crippen LogP contribution is -2.34. The molecular weight excluding hydrogens is 328 g/mol. The summed E-state index contributed by atoms with van der Waals surface area (Å²) in [6.07, 6.45) is 4.55. The van der Waals surface area contributed by atoms with E-state index in [4.69, 9.17) is 16.3 Å². The molecule has 1 aromatic heterocycles. The van der Waals surface area contributed by atoms with Crippen molar-refractivity contribution in [2.75, 3.05) is 0 Å². The fourth-order valence-corrected chi connectivity index (χ4v) is 3.46. The van der Waals surface area contributed by atoms with Gasteiger partial charge in [-0.05, 0) is 47.4 Å². The summed E-state index contributed by atoms with van der Waals surface area (Å²) < 4.78 is 7.29. The molecule has 0 bridgehead atoms. The van der Waals surface area contributed by atoms with Gasteiger partial charge in [0.25, 0.3) is 0 Å². The molecule has 128 valence electrons. The molecule has 1 aromatic carbocycles. The number of aromatic nitrogens is 4. The standard InChI is InChI=1S/C17H21ClN4O2/c1-2-11-22-15(19-20-21-22)12-24-16(23)17(9-3-4-10-17)13-5-7-14(18)8-6-13/h5-8H,2-4,9-12H2,1H3. The van der Waals surface area contributed by atoms with Gasteiger partial charge in [0.2, 0.25) is 0 Å². The highest BCUT2D eigenvalue weighted by atomic mass is 35.5. The van der Waals surface area contributed by atoms with Crippen LogP contribution in [0.3, 0.4) is 0 Å². The normalized spacial score (nSPS) is 16.2. The summed E-state index contributed by atoms with van der Waals surface area (Å²) in [5.41, 5.74) is 0.399. The summed E-state index contributed by atoms with van der Waals surface area (Å²) in [4.78, 5) is 12.9. The minimum atomic E-state index is -0.576. The van der Waals surface area contributed by atoms with Crippen LogP contribution in [0.4, 0.5) is 0 Å². The summed E-state index contributed by atoms with van der Waals surface area (Å²) in [6, 6.07) is 7.50. The van der Waals surface area contributed by atoms with E-state index < -0.39 is 5.41 Å². The quantitative estimate of drug-likeness (QED) is 0.749. The summed E-state index contributed by atoms with van der Waals surface area (Å²) in [5, 5.41) is 12.2. The Hall–Kier alpha value is -1.95. The molecule has 6 nitrogen and oxygen atoms in total. The molecule has 1 heterocycles. The zero-order valence-corrected chi connectivity index (χ0v) is 14.5. The number of carbonyl (C=O) groups is 1. The lowest BCUT2D eigenvalue weighted by Gasteiger charge is -2.27. The molecule has 2 aromatic rings. The molecule has 0 atom stereocenters. The van der Waals surface area contributed by atoms with E-state index in [0.29, 0.717) is 17.4 Å². The van der Waals surface area contributed by atoms with Gasteiger partial charge in [0.1, 0.15) is 0 Å². The van der Waals surface area contributed by atoms with Gasteiger partial charge in [0.15, 0.2) is 12.4 Å². The van der Waals surface area contributed by atoms with Crippen molar-refractivity contribution in [1.29, 1.82) is 0 Å². The maximum Gasteiger partial charge on any atom is 0.317 e. The van der Waals surface area contributed by atoms with E-state index in [9.17, 15) is 4.79 Å². The fourth-order valence-electron chi connectivity index (χ4n) is 3.34. The number of rotatable bonds is 6. The molecule has 0 radical (unpaired) electrons. The number of hydrogen-bond donors (Lipinski definition) is 0. The van der Waals surface area contributed by atoms with Crippen molar-refractivity contribution < 1.29 is 9.53 Å². The van der Waals surface area contributed by atoms with Crippen LogP contribution in [0.1, 0.15) is 50.4 Å². The highest BCUT2D eigenvalue weighted by Gasteiger charge is 2.44. The topological polar surface area (TPSA) is 69.9 Å². The Kier molecular flexibility index (Phi) is 5.14. The van der Waals surface area contributed by atoms with E-state index in [-0.39, 0.29) is 12.6 Å². The number of ether oxygens (including phenoxy) is 1. The van der Waals surface area contributed by atoms with Crippen LogP contribution >= 0.6 is 11.6 Å². The molecule has 0 amide bonds. The van der Waals surface area contributed by atoms with Gasteiger partial charge in [0, 0.05) is 11.6 Å². The molecule has 1 aliphatic carbocycles. The minimum Gasteiger partial charge on any atom is -0.457 e. The van der Waals surface area contributed by atoms with E-state index >= 15 is 0 Å². The molecule has 0 unspecified atom stereocenters. The first-order valence-electron chi connectivity index (χ1n) is 8.34. The smallest absolute Gasteiger partial charge is 0.317 e. The average molecular weight is 349 g/mol. The van der Waals surface area contributed by atoms with Crippen LogP contribution in [0, 0.1) is 0 Å². The molecule has 0 aliphatic heterocycles. The van der Waals surface area contributed by atoms with E-state index in [0.717, 1.165) is 37.7 Å². The van der Waals surface area contributed by atoms with Gasteiger partial charge in [-0.3, -0.25) is 4.79 Å². The number of halogens is 1. The van der Waals surface area contributed by atoms with Crippen molar-refractivity contribution >= 4 is 17.6 Å². The molecule has 1 fully saturated rings. The molecule has 1 aliphatic rings. The van der Waals surface area contributed by atoms with Gasteiger partial charge < -0.3 is 4.74 Å². The first kappa shape index (κ1) is 16.9. The number of esters is 1. The Morgan fingerprint density at radius 1 is 1.29 bits per heavy atom. The van der Waals surface area contributed by atoms with Crippen molar-refractivity contribution in [3.63, 3.8) is 0 Å². The van der Waals surface area contributed by atoms with Gasteiger partial charge in [-0.2, -0.15) is 0 Å². The Morgan fingerprint density at radius 2 is 2.00 bits per heavy atom. The average Bonchev–Trinajstić information content (AvgIpc) is 3.24. The number of tetrazole rings is 1. The maximum absolute atomic E-state index is 12.9. The summed E-state index contributed by atoms with van der Waals surface area (Å²) in [6.45, 7) is 2.86. The third-order valence-electron chi connectivity index (χ3n) is 4.62. The molecule has 24 heavy (non-hydrogen) atoms. The van der Waals surface area contributed by atoms with Gasteiger partial charge in [-0.25, -0.2) is 4.68 Å². The Balaban J connectivity index is 1.75. The van der Waals surface area contributed by atoms with E-state index in [1.807, 2.05) is 31.2 Å². The molecule has 0 N–H and O–H groups in total. The number of benzene rings is 1. The third-order valence-corrected chi connectivity index (χ3v) is 4.87. The Morgan fingerprint density at radius 3 is 2.67 bits per heavy atom. The maximum atomic E-state index is 12.9. The first-order valence-corrected chi connectivity index (χ1v) is 8.72. The van der Waals surface area contributed by atoms with Crippen molar-refractivity contribution in [2.24, 2.45) is 0 Å². The second-order valence-electron chi connectivity index (χ2n) is 6.19. The minimum absolute atomic E-state index is 0.0984. The zero-order valence-electron chi connectivity index (χ0n) is 13.7. The van der Waals surface area contributed by atoms with Crippen LogP contribution in [0.5, 0.6) is 0 Å². The molecule has 7 heteroatoms. The largest absolute Gasteiger partial charge is 0.457 e. The predicted octanol–water partition coefficient (Wildman–Crippen LogP) is 3.29. The van der Waals surface area contributed by atoms with Crippen LogP contribution in [0.15, 0.2) is 24.3 Å². The van der Waals surface area contributed by atoms with Crippen molar-refractivity contribution in [3.8, 4) is 0 Å². The number of aryl methyl sites for hydroxylation is 1. The van der Waals surface area contributed by atoms with Crippen LogP contribution in [-0.2, 0) is 28.1 Å². The second kappa shape index (κ2) is 7.30. The summed E-state index contributed by atoms with van der Waals surface area (Å²) in [5.74, 6) is 0.378. The lowest BCUT2D eigenvalue weighted by molar-refractivity contribution is -0.152. The second-order valence-corrected chi connectivity index (χ2v) is 6.63. The van der Waals surface area contributed by atoms with Gasteiger partial charge in [-0.15, -0.1) is 5.10 Å². The predicted molar refractivity (Wildman–Crippen MR) is 89.5 cm³/mol. The van der Waals surface area contributed by atoms with Crippen LogP contribution in [-0.4, -0.2) is 26.2 Å². The Labute approximate surface area is 146 Å². The third kappa shape index (κ3) is 3.29. The number of nitrogens with zero attached hydrogens (tertiary/aromatic N) is 4. The Bertz CT molecular complexity index is 693. The molecule has 0 spiro atoms. The molecular formula is C17H21ClN4O2.